The van der Waals surface area contributed by atoms with Crippen LogP contribution in [-0.2, 0) is 13.7 Å². The molecule has 0 bridgehead atoms. The third-order valence-corrected chi connectivity index (χ3v) is 4.86. The van der Waals surface area contributed by atoms with Crippen LogP contribution >= 0.6 is 0 Å². The molecule has 30 heavy (non-hydrogen) atoms. The number of fused-ring (bicyclic) bond motifs is 1. The summed E-state index contributed by atoms with van der Waals surface area (Å²) in [5.74, 6) is 2.65. The van der Waals surface area contributed by atoms with Crippen LogP contribution in [0, 0.1) is 20.8 Å². The van der Waals surface area contributed by atoms with Crippen LogP contribution in [0.4, 0.5) is 0 Å². The zero-order chi connectivity index (χ0) is 21.4. The molecule has 7 nitrogen and oxygen atoms in total. The fourth-order valence-corrected chi connectivity index (χ4v) is 3.48. The van der Waals surface area contributed by atoms with E-state index in [0.717, 1.165) is 45.1 Å². The summed E-state index contributed by atoms with van der Waals surface area (Å²) in [4.78, 5) is 9.22. The molecule has 156 valence electrons. The van der Waals surface area contributed by atoms with Crippen molar-refractivity contribution in [2.24, 2.45) is 7.05 Å². The van der Waals surface area contributed by atoms with E-state index in [9.17, 15) is 0 Å². The molecule has 4 rings (SSSR count). The third kappa shape index (κ3) is 3.87. The van der Waals surface area contributed by atoms with Crippen molar-refractivity contribution in [3.05, 3.63) is 53.0 Å². The monoisotopic (exact) mass is 406 g/mol. The van der Waals surface area contributed by atoms with E-state index >= 15 is 0 Å². The van der Waals surface area contributed by atoms with Gasteiger partial charge in [0.1, 0.15) is 23.8 Å². The summed E-state index contributed by atoms with van der Waals surface area (Å²) in [5.41, 5.74) is 4.49. The minimum absolute atomic E-state index is 0.135. The molecule has 4 aromatic rings. The number of oxazole rings is 1. The molecule has 3 aromatic heterocycles. The van der Waals surface area contributed by atoms with Gasteiger partial charge in [-0.25, -0.2) is 4.98 Å². The minimum atomic E-state index is 0.135. The number of pyridine rings is 1. The lowest BCUT2D eigenvalue weighted by atomic mass is 10.2. The quantitative estimate of drug-likeness (QED) is 0.453. The SMILES string of the molecule is Cc1oc(-c2ccc(OC(C)C)cc2)nc1COc1cc(C)c2c(C)nn(C)c2n1. The molecular formula is C23H26N4O3. The molecule has 1 aromatic carbocycles. The van der Waals surface area contributed by atoms with Crippen LogP contribution in [0.1, 0.15) is 36.6 Å². The van der Waals surface area contributed by atoms with Gasteiger partial charge in [-0.05, 0) is 64.4 Å². The molecule has 3 heterocycles. The molecule has 0 aliphatic rings. The highest BCUT2D eigenvalue weighted by molar-refractivity contribution is 5.82. The average molecular weight is 406 g/mol. The minimum Gasteiger partial charge on any atom is -0.491 e. The third-order valence-electron chi connectivity index (χ3n) is 4.86. The molecule has 0 atom stereocenters. The Hall–Kier alpha value is -3.35. The maximum Gasteiger partial charge on any atom is 0.226 e. The van der Waals surface area contributed by atoms with Crippen LogP contribution in [-0.4, -0.2) is 25.9 Å². The lowest BCUT2D eigenvalue weighted by molar-refractivity contribution is 0.242. The molecule has 0 unspecified atom stereocenters. The van der Waals surface area contributed by atoms with Crippen molar-refractivity contribution in [1.29, 1.82) is 0 Å². The zero-order valence-electron chi connectivity index (χ0n) is 18.2. The molecular weight excluding hydrogens is 380 g/mol. The summed E-state index contributed by atoms with van der Waals surface area (Å²) in [6.07, 6.45) is 0.135. The van der Waals surface area contributed by atoms with Gasteiger partial charge in [0, 0.05) is 24.1 Å². The molecule has 0 aliphatic heterocycles. The molecule has 0 fully saturated rings. The second-order valence-electron chi connectivity index (χ2n) is 7.69. The molecule has 0 radical (unpaired) electrons. The van der Waals surface area contributed by atoms with Gasteiger partial charge in [-0.2, -0.15) is 10.1 Å². The van der Waals surface area contributed by atoms with Crippen molar-refractivity contribution >= 4 is 11.0 Å². The zero-order valence-corrected chi connectivity index (χ0v) is 18.2. The summed E-state index contributed by atoms with van der Waals surface area (Å²) in [6, 6.07) is 9.65. The second-order valence-corrected chi connectivity index (χ2v) is 7.69. The predicted molar refractivity (Wildman–Crippen MR) is 115 cm³/mol. The number of aromatic nitrogens is 4. The molecule has 0 aliphatic carbocycles. The fraction of sp³-hybridized carbons (Fsp3) is 0.348. The molecule has 7 heteroatoms. The van der Waals surface area contributed by atoms with Crippen molar-refractivity contribution in [2.45, 2.75) is 47.3 Å². The molecule has 0 spiro atoms. The smallest absolute Gasteiger partial charge is 0.226 e. The van der Waals surface area contributed by atoms with E-state index in [-0.39, 0.29) is 12.7 Å². The van der Waals surface area contributed by atoms with Gasteiger partial charge >= 0.3 is 0 Å². The Morgan fingerprint density at radius 3 is 2.50 bits per heavy atom. The van der Waals surface area contributed by atoms with Crippen molar-refractivity contribution < 1.29 is 13.9 Å². The first-order valence-electron chi connectivity index (χ1n) is 9.99. The van der Waals surface area contributed by atoms with Crippen LogP contribution in [0.2, 0.25) is 0 Å². The Bertz CT molecular complexity index is 1190. The van der Waals surface area contributed by atoms with E-state index in [2.05, 4.69) is 15.1 Å². The van der Waals surface area contributed by atoms with Gasteiger partial charge < -0.3 is 13.9 Å². The van der Waals surface area contributed by atoms with Gasteiger partial charge in [0.25, 0.3) is 0 Å². The number of hydrogen-bond acceptors (Lipinski definition) is 6. The van der Waals surface area contributed by atoms with Gasteiger partial charge in [0.15, 0.2) is 5.65 Å². The van der Waals surface area contributed by atoms with Crippen molar-refractivity contribution in [2.75, 3.05) is 0 Å². The predicted octanol–water partition coefficient (Wildman–Crippen LogP) is 4.91. The van der Waals surface area contributed by atoms with Crippen molar-refractivity contribution in [3.63, 3.8) is 0 Å². The maximum absolute atomic E-state index is 5.94. The first-order valence-corrected chi connectivity index (χ1v) is 9.99. The Morgan fingerprint density at radius 2 is 1.80 bits per heavy atom. The Kier molecular flexibility index (Phi) is 5.20. The van der Waals surface area contributed by atoms with Crippen LogP contribution in [0.5, 0.6) is 11.6 Å². The topological polar surface area (TPSA) is 75.2 Å². The van der Waals surface area contributed by atoms with E-state index in [0.29, 0.717) is 11.8 Å². The van der Waals surface area contributed by atoms with Gasteiger partial charge in [-0.3, -0.25) is 4.68 Å². The maximum atomic E-state index is 5.94. The number of nitrogens with zero attached hydrogens (tertiary/aromatic N) is 4. The summed E-state index contributed by atoms with van der Waals surface area (Å²) >= 11 is 0. The van der Waals surface area contributed by atoms with E-state index in [1.165, 1.54) is 0 Å². The Labute approximate surface area is 175 Å². The fourth-order valence-electron chi connectivity index (χ4n) is 3.48. The van der Waals surface area contributed by atoms with Crippen LogP contribution in [0.15, 0.2) is 34.7 Å². The average Bonchev–Trinajstić information content (AvgIpc) is 3.19. The highest BCUT2D eigenvalue weighted by atomic mass is 16.5. The first-order chi connectivity index (χ1) is 14.3. The van der Waals surface area contributed by atoms with E-state index in [1.54, 1.807) is 4.68 Å². The normalized spacial score (nSPS) is 11.4. The molecule has 0 N–H and O–H groups in total. The van der Waals surface area contributed by atoms with Crippen LogP contribution in [0.3, 0.4) is 0 Å². The van der Waals surface area contributed by atoms with E-state index in [4.69, 9.17) is 13.9 Å². The van der Waals surface area contributed by atoms with Crippen molar-refractivity contribution in [1.82, 2.24) is 19.7 Å². The van der Waals surface area contributed by atoms with E-state index < -0.39 is 0 Å². The van der Waals surface area contributed by atoms with Crippen molar-refractivity contribution in [3.8, 4) is 23.1 Å². The summed E-state index contributed by atoms with van der Waals surface area (Å²) in [7, 11) is 1.89. The largest absolute Gasteiger partial charge is 0.491 e. The number of rotatable bonds is 6. The van der Waals surface area contributed by atoms with Gasteiger partial charge in [0.05, 0.1) is 11.8 Å². The summed E-state index contributed by atoms with van der Waals surface area (Å²) < 4.78 is 19.3. The molecule has 0 saturated carbocycles. The summed E-state index contributed by atoms with van der Waals surface area (Å²) in [5, 5.41) is 5.51. The lowest BCUT2D eigenvalue weighted by Crippen LogP contribution is -2.05. The standard InChI is InChI=1S/C23H26N4O3/c1-13(2)29-18-9-7-17(8-10-18)23-24-19(16(5)30-23)12-28-20-11-14(3)21-15(4)26-27(6)22(21)25-20/h7-11,13H,12H2,1-6H3. The Balaban J connectivity index is 1.52. The molecule has 0 saturated heterocycles. The first kappa shape index (κ1) is 19.9. The highest BCUT2D eigenvalue weighted by Gasteiger charge is 2.15. The molecule has 0 amide bonds. The van der Waals surface area contributed by atoms with Crippen LogP contribution < -0.4 is 9.47 Å². The number of ether oxygens (including phenoxy) is 2. The highest BCUT2D eigenvalue weighted by Crippen LogP contribution is 2.27. The summed E-state index contributed by atoms with van der Waals surface area (Å²) in [6.45, 7) is 10.2. The number of hydrogen-bond donors (Lipinski definition) is 0. The number of aryl methyl sites for hydroxylation is 4. The second kappa shape index (κ2) is 7.82. The van der Waals surface area contributed by atoms with Crippen LogP contribution in [0.25, 0.3) is 22.5 Å². The Morgan fingerprint density at radius 1 is 1.07 bits per heavy atom. The van der Waals surface area contributed by atoms with Gasteiger partial charge in [-0.1, -0.05) is 0 Å². The van der Waals surface area contributed by atoms with Gasteiger partial charge in [0.2, 0.25) is 11.8 Å². The van der Waals surface area contributed by atoms with E-state index in [1.807, 2.05) is 72.0 Å². The van der Waals surface area contributed by atoms with Gasteiger partial charge in [-0.15, -0.1) is 0 Å². The lowest BCUT2D eigenvalue weighted by Gasteiger charge is -2.09. The number of benzene rings is 1.